The Kier molecular flexibility index (Phi) is 2.37. The van der Waals surface area contributed by atoms with Gasteiger partial charge in [-0.05, 0) is 43.9 Å². The van der Waals surface area contributed by atoms with Crippen molar-refractivity contribution in [1.29, 1.82) is 0 Å². The van der Waals surface area contributed by atoms with Crippen LogP contribution < -0.4 is 0 Å². The minimum atomic E-state index is -0.209. The van der Waals surface area contributed by atoms with E-state index in [9.17, 15) is 4.79 Å². The molecule has 0 spiro atoms. The molecular weight excluding hydrogens is 212 g/mol. The van der Waals surface area contributed by atoms with Crippen LogP contribution in [0.3, 0.4) is 0 Å². The fourth-order valence-electron chi connectivity index (χ4n) is 5.20. The quantitative estimate of drug-likeness (QED) is 0.688. The second-order valence-electron chi connectivity index (χ2n) is 6.80. The van der Waals surface area contributed by atoms with E-state index in [1.165, 1.54) is 19.3 Å². The normalized spacial score (nSPS) is 50.5. The molecule has 3 aliphatic rings. The molecule has 6 unspecified atom stereocenters. The molecule has 2 heteroatoms. The Labute approximate surface area is 104 Å². The van der Waals surface area contributed by atoms with Crippen LogP contribution in [0.1, 0.15) is 47.0 Å². The van der Waals surface area contributed by atoms with Crippen LogP contribution in [0.4, 0.5) is 0 Å². The molecule has 2 aliphatic carbocycles. The van der Waals surface area contributed by atoms with Crippen LogP contribution in [-0.4, -0.2) is 11.6 Å². The molecule has 0 radical (unpaired) electrons. The number of rotatable bonds is 2. The van der Waals surface area contributed by atoms with Crippen molar-refractivity contribution < 1.29 is 9.53 Å². The zero-order chi connectivity index (χ0) is 12.4. The first-order valence-electron chi connectivity index (χ1n) is 7.24. The number of hydrogen-bond donors (Lipinski definition) is 0. The van der Waals surface area contributed by atoms with Crippen molar-refractivity contribution in [2.24, 2.45) is 35.5 Å². The molecule has 6 atom stereocenters. The number of esters is 1. The molecule has 0 aromatic heterocycles. The Morgan fingerprint density at radius 1 is 1.18 bits per heavy atom. The summed E-state index contributed by atoms with van der Waals surface area (Å²) in [5, 5.41) is 0. The average Bonchev–Trinajstić information content (AvgIpc) is 2.59. The maximum atomic E-state index is 12.0. The van der Waals surface area contributed by atoms with Crippen LogP contribution >= 0.6 is 0 Å². The third-order valence-electron chi connectivity index (χ3n) is 5.84. The summed E-state index contributed by atoms with van der Waals surface area (Å²) in [7, 11) is 0. The summed E-state index contributed by atoms with van der Waals surface area (Å²) in [5.74, 6) is 3.84. The van der Waals surface area contributed by atoms with Gasteiger partial charge in [0.05, 0.1) is 5.92 Å². The Bertz CT molecular complexity index is 347. The molecule has 0 aromatic rings. The SMILES string of the molecule is CCC1CC(CC)C2C1C1C(=O)OC(C)(C)C12. The lowest BCUT2D eigenvalue weighted by Crippen LogP contribution is -2.53. The summed E-state index contributed by atoms with van der Waals surface area (Å²) >= 11 is 0. The topological polar surface area (TPSA) is 26.3 Å². The molecular formula is C15H24O2. The second-order valence-corrected chi connectivity index (χ2v) is 6.80. The van der Waals surface area contributed by atoms with Crippen molar-refractivity contribution in [3.05, 3.63) is 0 Å². The van der Waals surface area contributed by atoms with E-state index in [4.69, 9.17) is 4.74 Å². The molecule has 3 rings (SSSR count). The van der Waals surface area contributed by atoms with E-state index in [0.29, 0.717) is 11.8 Å². The maximum absolute atomic E-state index is 12.0. The average molecular weight is 236 g/mol. The van der Waals surface area contributed by atoms with Crippen LogP contribution in [0, 0.1) is 35.5 Å². The third kappa shape index (κ3) is 1.30. The van der Waals surface area contributed by atoms with Crippen LogP contribution in [0.25, 0.3) is 0 Å². The molecule has 0 amide bonds. The molecule has 1 saturated heterocycles. The van der Waals surface area contributed by atoms with Crippen LogP contribution in [-0.2, 0) is 9.53 Å². The first-order chi connectivity index (χ1) is 8.01. The standard InChI is InChI=1S/C15H24O2/c1-5-8-7-9(6-2)11-10(8)12-13(11)15(3,4)17-14(12)16/h8-13H,5-7H2,1-4H3. The van der Waals surface area contributed by atoms with E-state index in [1.54, 1.807) is 0 Å². The highest BCUT2D eigenvalue weighted by Crippen LogP contribution is 2.67. The summed E-state index contributed by atoms with van der Waals surface area (Å²) in [4.78, 5) is 12.0. The second kappa shape index (κ2) is 3.49. The van der Waals surface area contributed by atoms with Gasteiger partial charge in [0.15, 0.2) is 0 Å². The van der Waals surface area contributed by atoms with Gasteiger partial charge in [-0.3, -0.25) is 4.79 Å². The van der Waals surface area contributed by atoms with Gasteiger partial charge >= 0.3 is 5.97 Å². The molecule has 2 nitrogen and oxygen atoms in total. The van der Waals surface area contributed by atoms with Crippen molar-refractivity contribution in [3.63, 3.8) is 0 Å². The fraction of sp³-hybridized carbons (Fsp3) is 0.933. The number of fused-ring (bicyclic) bond motifs is 4. The van der Waals surface area contributed by atoms with Gasteiger partial charge < -0.3 is 4.74 Å². The smallest absolute Gasteiger partial charge is 0.310 e. The van der Waals surface area contributed by atoms with Gasteiger partial charge in [0.1, 0.15) is 5.60 Å². The largest absolute Gasteiger partial charge is 0.459 e. The summed E-state index contributed by atoms with van der Waals surface area (Å²) in [6, 6.07) is 0. The molecule has 0 bridgehead atoms. The minimum Gasteiger partial charge on any atom is -0.459 e. The Morgan fingerprint density at radius 3 is 2.35 bits per heavy atom. The van der Waals surface area contributed by atoms with E-state index in [1.807, 2.05) is 0 Å². The summed E-state index contributed by atoms with van der Waals surface area (Å²) in [6.07, 6.45) is 3.85. The van der Waals surface area contributed by atoms with Crippen LogP contribution in [0.2, 0.25) is 0 Å². The monoisotopic (exact) mass is 236 g/mol. The van der Waals surface area contributed by atoms with E-state index < -0.39 is 0 Å². The van der Waals surface area contributed by atoms with Gasteiger partial charge in [-0.15, -0.1) is 0 Å². The lowest BCUT2D eigenvalue weighted by Gasteiger charge is -2.49. The third-order valence-corrected chi connectivity index (χ3v) is 5.84. The molecule has 2 saturated carbocycles. The summed E-state index contributed by atoms with van der Waals surface area (Å²) in [6.45, 7) is 8.80. The number of ether oxygens (including phenoxy) is 1. The van der Waals surface area contributed by atoms with E-state index >= 15 is 0 Å². The highest BCUT2D eigenvalue weighted by molar-refractivity contribution is 5.78. The molecule has 96 valence electrons. The zero-order valence-corrected chi connectivity index (χ0v) is 11.4. The zero-order valence-electron chi connectivity index (χ0n) is 11.4. The summed E-state index contributed by atoms with van der Waals surface area (Å²) < 4.78 is 5.62. The lowest BCUT2D eigenvalue weighted by molar-refractivity contribution is -0.149. The Hall–Kier alpha value is -0.530. The van der Waals surface area contributed by atoms with Gasteiger partial charge in [-0.25, -0.2) is 0 Å². The van der Waals surface area contributed by atoms with Gasteiger partial charge in [0.2, 0.25) is 0 Å². The predicted molar refractivity (Wildman–Crippen MR) is 66.3 cm³/mol. The first-order valence-corrected chi connectivity index (χ1v) is 7.24. The van der Waals surface area contributed by atoms with Crippen LogP contribution in [0.15, 0.2) is 0 Å². The molecule has 17 heavy (non-hydrogen) atoms. The minimum absolute atomic E-state index is 0.0939. The number of carbonyl (C=O) groups is 1. The predicted octanol–water partition coefficient (Wildman–Crippen LogP) is 3.26. The summed E-state index contributed by atoms with van der Waals surface area (Å²) in [5.41, 5.74) is -0.209. The van der Waals surface area contributed by atoms with Crippen molar-refractivity contribution >= 4 is 5.97 Å². The highest BCUT2D eigenvalue weighted by atomic mass is 16.6. The molecule has 0 N–H and O–H groups in total. The molecule has 0 aromatic carbocycles. The van der Waals surface area contributed by atoms with E-state index in [-0.39, 0.29) is 17.5 Å². The highest BCUT2D eigenvalue weighted by Gasteiger charge is 2.70. The van der Waals surface area contributed by atoms with Crippen LogP contribution in [0.5, 0.6) is 0 Å². The van der Waals surface area contributed by atoms with Crippen molar-refractivity contribution in [1.82, 2.24) is 0 Å². The van der Waals surface area contributed by atoms with Gasteiger partial charge in [0.25, 0.3) is 0 Å². The Balaban J connectivity index is 1.92. The molecule has 1 heterocycles. The van der Waals surface area contributed by atoms with E-state index in [2.05, 4.69) is 27.7 Å². The maximum Gasteiger partial charge on any atom is 0.310 e. The van der Waals surface area contributed by atoms with Gasteiger partial charge in [-0.2, -0.15) is 0 Å². The fourth-order valence-corrected chi connectivity index (χ4v) is 5.20. The lowest BCUT2D eigenvalue weighted by atomic mass is 9.51. The van der Waals surface area contributed by atoms with Crippen molar-refractivity contribution in [2.45, 2.75) is 52.6 Å². The number of carbonyl (C=O) groups excluding carboxylic acids is 1. The van der Waals surface area contributed by atoms with Gasteiger partial charge in [-0.1, -0.05) is 26.7 Å². The van der Waals surface area contributed by atoms with Gasteiger partial charge in [0, 0.05) is 5.92 Å². The first kappa shape index (κ1) is 11.6. The van der Waals surface area contributed by atoms with E-state index in [0.717, 1.165) is 17.8 Å². The van der Waals surface area contributed by atoms with Crippen molar-refractivity contribution in [3.8, 4) is 0 Å². The number of hydrogen-bond acceptors (Lipinski definition) is 2. The molecule has 1 aliphatic heterocycles. The van der Waals surface area contributed by atoms with Crippen molar-refractivity contribution in [2.75, 3.05) is 0 Å². The number of cyclic esters (lactones) is 1. The Morgan fingerprint density at radius 2 is 1.76 bits per heavy atom. The molecule has 3 fully saturated rings.